The molecule has 2 unspecified atom stereocenters. The lowest BCUT2D eigenvalue weighted by molar-refractivity contribution is 0.0896. The summed E-state index contributed by atoms with van der Waals surface area (Å²) in [5, 5.41) is 5.76. The molecule has 2 heterocycles. The van der Waals surface area contributed by atoms with Crippen molar-refractivity contribution < 1.29 is 9.53 Å². The van der Waals surface area contributed by atoms with Crippen molar-refractivity contribution in [3.05, 3.63) is 21.3 Å². The van der Waals surface area contributed by atoms with Gasteiger partial charge in [0.25, 0.3) is 0 Å². The van der Waals surface area contributed by atoms with Crippen LogP contribution in [0.2, 0.25) is 5.02 Å². The highest BCUT2D eigenvalue weighted by Gasteiger charge is 2.35. The van der Waals surface area contributed by atoms with Gasteiger partial charge in [-0.05, 0) is 24.4 Å². The molecule has 0 radical (unpaired) electrons. The normalized spacial score (nSPS) is 24.1. The first-order valence-electron chi connectivity index (χ1n) is 5.82. The Hall–Kier alpha value is -0.420. The second-order valence-electron chi connectivity index (χ2n) is 4.17. The Morgan fingerprint density at radius 3 is 3.12 bits per heavy atom. The molecule has 1 aliphatic rings. The number of thiophene rings is 1. The van der Waals surface area contributed by atoms with Crippen LogP contribution in [-0.4, -0.2) is 31.6 Å². The van der Waals surface area contributed by atoms with E-state index in [9.17, 15) is 4.79 Å². The number of nitrogens with one attached hydrogen (secondary N) is 1. The summed E-state index contributed by atoms with van der Waals surface area (Å²) in [6.07, 6.45) is 1.05. The van der Waals surface area contributed by atoms with Crippen LogP contribution < -0.4 is 5.32 Å². The van der Waals surface area contributed by atoms with Crippen molar-refractivity contribution in [2.45, 2.75) is 19.4 Å². The second-order valence-corrected chi connectivity index (χ2v) is 5.49. The van der Waals surface area contributed by atoms with Gasteiger partial charge >= 0.3 is 0 Å². The van der Waals surface area contributed by atoms with Crippen molar-refractivity contribution in [2.24, 2.45) is 5.92 Å². The van der Waals surface area contributed by atoms with E-state index in [2.05, 4.69) is 12.2 Å². The molecule has 1 aromatic rings. The second kappa shape index (κ2) is 5.96. The number of rotatable bonds is 5. The zero-order valence-electron chi connectivity index (χ0n) is 9.74. The van der Waals surface area contributed by atoms with Gasteiger partial charge in [-0.2, -0.15) is 0 Å². The van der Waals surface area contributed by atoms with E-state index in [4.69, 9.17) is 16.3 Å². The quantitative estimate of drug-likeness (QED) is 0.838. The molecule has 5 heteroatoms. The van der Waals surface area contributed by atoms with Crippen LogP contribution in [0.5, 0.6) is 0 Å². The topological polar surface area (TPSA) is 38.3 Å². The van der Waals surface area contributed by atoms with Crippen molar-refractivity contribution in [3.63, 3.8) is 0 Å². The summed E-state index contributed by atoms with van der Waals surface area (Å²) < 4.78 is 5.40. The highest BCUT2D eigenvalue weighted by atomic mass is 35.5. The minimum absolute atomic E-state index is 0.0994. The largest absolute Gasteiger partial charge is 0.379 e. The first-order chi connectivity index (χ1) is 8.24. The van der Waals surface area contributed by atoms with Gasteiger partial charge in [-0.3, -0.25) is 4.79 Å². The zero-order valence-corrected chi connectivity index (χ0v) is 11.3. The third kappa shape index (κ3) is 2.88. The predicted molar refractivity (Wildman–Crippen MR) is 70.1 cm³/mol. The number of halogens is 1. The summed E-state index contributed by atoms with van der Waals surface area (Å²) in [6, 6.07) is 1.89. The number of ether oxygens (including phenoxy) is 1. The summed E-state index contributed by atoms with van der Waals surface area (Å²) in [4.78, 5) is 13.0. The van der Waals surface area contributed by atoms with E-state index < -0.39 is 0 Å². The Balaban J connectivity index is 2.06. The molecule has 3 nitrogen and oxygen atoms in total. The van der Waals surface area contributed by atoms with Crippen molar-refractivity contribution in [2.75, 3.05) is 19.8 Å². The van der Waals surface area contributed by atoms with E-state index in [1.165, 1.54) is 11.3 Å². The van der Waals surface area contributed by atoms with Crippen molar-refractivity contribution in [1.82, 2.24) is 5.32 Å². The number of hydrogen-bond donors (Lipinski definition) is 1. The lowest BCUT2D eigenvalue weighted by Crippen LogP contribution is -2.39. The molecular weight excluding hydrogens is 258 g/mol. The molecule has 1 fully saturated rings. The molecule has 0 amide bonds. The van der Waals surface area contributed by atoms with E-state index >= 15 is 0 Å². The van der Waals surface area contributed by atoms with Crippen LogP contribution in [0.3, 0.4) is 0 Å². The molecule has 1 saturated heterocycles. The number of carbonyl (C=O) groups excluding carboxylic acids is 1. The summed E-state index contributed by atoms with van der Waals surface area (Å²) in [6.45, 7) is 4.12. The third-order valence-corrected chi connectivity index (χ3v) is 4.27. The Morgan fingerprint density at radius 1 is 1.65 bits per heavy atom. The lowest BCUT2D eigenvalue weighted by Gasteiger charge is -2.17. The number of carbonyl (C=O) groups is 1. The monoisotopic (exact) mass is 273 g/mol. The average molecular weight is 274 g/mol. The maximum atomic E-state index is 12.3. The molecular formula is C12H16ClNO2S. The van der Waals surface area contributed by atoms with Gasteiger partial charge in [0.05, 0.1) is 29.0 Å². The van der Waals surface area contributed by atoms with Gasteiger partial charge in [0.15, 0.2) is 5.78 Å². The van der Waals surface area contributed by atoms with Gasteiger partial charge in [0, 0.05) is 6.04 Å². The number of hydrogen-bond acceptors (Lipinski definition) is 4. The van der Waals surface area contributed by atoms with Crippen LogP contribution in [-0.2, 0) is 4.74 Å². The molecule has 0 aliphatic carbocycles. The van der Waals surface area contributed by atoms with Gasteiger partial charge in [-0.1, -0.05) is 18.5 Å². The van der Waals surface area contributed by atoms with Crippen LogP contribution in [0.1, 0.15) is 23.0 Å². The fourth-order valence-corrected chi connectivity index (χ4v) is 3.13. The lowest BCUT2D eigenvalue weighted by atomic mass is 9.97. The highest BCUT2D eigenvalue weighted by Crippen LogP contribution is 2.28. The summed E-state index contributed by atoms with van der Waals surface area (Å²) in [5.74, 6) is 0.00815. The maximum Gasteiger partial charge on any atom is 0.181 e. The molecule has 0 aromatic carbocycles. The Bertz CT molecular complexity index is 394. The van der Waals surface area contributed by atoms with Gasteiger partial charge in [-0.25, -0.2) is 0 Å². The molecule has 2 atom stereocenters. The van der Waals surface area contributed by atoms with E-state index in [-0.39, 0.29) is 17.7 Å². The minimum Gasteiger partial charge on any atom is -0.379 e. The van der Waals surface area contributed by atoms with Crippen LogP contribution >= 0.6 is 22.9 Å². The van der Waals surface area contributed by atoms with Gasteiger partial charge in [-0.15, -0.1) is 11.3 Å². The summed E-state index contributed by atoms with van der Waals surface area (Å²) >= 11 is 7.40. The van der Waals surface area contributed by atoms with E-state index in [1.54, 1.807) is 6.07 Å². The molecule has 1 aliphatic heterocycles. The van der Waals surface area contributed by atoms with Gasteiger partial charge < -0.3 is 10.1 Å². The molecule has 2 rings (SSSR count). The van der Waals surface area contributed by atoms with E-state index in [0.29, 0.717) is 23.1 Å². The van der Waals surface area contributed by atoms with Gasteiger partial charge in [0.2, 0.25) is 0 Å². The van der Waals surface area contributed by atoms with Crippen LogP contribution in [0.15, 0.2) is 11.4 Å². The minimum atomic E-state index is -0.0994. The van der Waals surface area contributed by atoms with Crippen LogP contribution in [0, 0.1) is 5.92 Å². The first-order valence-corrected chi connectivity index (χ1v) is 7.08. The Labute approximate surface area is 110 Å². The molecule has 0 bridgehead atoms. The fraction of sp³-hybridized carbons (Fsp3) is 0.583. The van der Waals surface area contributed by atoms with E-state index in [0.717, 1.165) is 13.0 Å². The predicted octanol–water partition coefficient (Wildman–Crippen LogP) is 2.60. The average Bonchev–Trinajstić information content (AvgIpc) is 2.94. The molecule has 0 saturated carbocycles. The third-order valence-electron chi connectivity index (χ3n) is 2.91. The zero-order chi connectivity index (χ0) is 12.3. The molecule has 17 heavy (non-hydrogen) atoms. The molecule has 1 N–H and O–H groups in total. The summed E-state index contributed by atoms with van der Waals surface area (Å²) in [7, 11) is 0. The van der Waals surface area contributed by atoms with Crippen LogP contribution in [0.4, 0.5) is 0 Å². The Kier molecular flexibility index (Phi) is 4.56. The van der Waals surface area contributed by atoms with E-state index in [1.807, 2.05) is 5.38 Å². The van der Waals surface area contributed by atoms with Crippen molar-refractivity contribution in [3.8, 4) is 0 Å². The van der Waals surface area contributed by atoms with Crippen LogP contribution in [0.25, 0.3) is 0 Å². The van der Waals surface area contributed by atoms with Gasteiger partial charge in [0.1, 0.15) is 0 Å². The first kappa shape index (κ1) is 13.0. The van der Waals surface area contributed by atoms with Crippen molar-refractivity contribution in [1.29, 1.82) is 0 Å². The highest BCUT2D eigenvalue weighted by molar-refractivity contribution is 7.12. The number of ketones is 1. The van der Waals surface area contributed by atoms with Crippen molar-refractivity contribution >= 4 is 28.7 Å². The molecule has 1 aromatic heterocycles. The maximum absolute atomic E-state index is 12.3. The summed E-state index contributed by atoms with van der Waals surface area (Å²) in [5.41, 5.74) is 0. The standard InChI is InChI=1S/C12H16ClNO2S/c1-2-4-14-10-7-16-6-8(10)11(15)12-9(13)3-5-17-12/h3,5,8,10,14H,2,4,6-7H2,1H3. The molecule has 94 valence electrons. The number of Topliss-reactive ketones (excluding diaryl/α,β-unsaturated/α-hetero) is 1. The molecule has 0 spiro atoms. The SMILES string of the molecule is CCCNC1COCC1C(=O)c1sccc1Cl. The Morgan fingerprint density at radius 2 is 2.47 bits per heavy atom. The smallest absolute Gasteiger partial charge is 0.181 e. The fourth-order valence-electron chi connectivity index (χ4n) is 1.98.